The number of halogens is 2. The lowest BCUT2D eigenvalue weighted by molar-refractivity contribution is -0.155. The molecule has 1 fully saturated rings. The average Bonchev–Trinajstić information content (AvgIpc) is 2.40. The second-order valence-electron chi connectivity index (χ2n) is 5.81. The normalized spacial score (nSPS) is 24.6. The molecule has 1 aliphatic heterocycles. The number of rotatable bonds is 3. The summed E-state index contributed by atoms with van der Waals surface area (Å²) in [6.45, 7) is 3.70. The highest BCUT2D eigenvalue weighted by molar-refractivity contribution is 5.72. The van der Waals surface area contributed by atoms with Crippen molar-refractivity contribution in [2.24, 2.45) is 5.92 Å². The van der Waals surface area contributed by atoms with E-state index in [2.05, 4.69) is 0 Å². The number of ether oxygens (including phenoxy) is 2. The van der Waals surface area contributed by atoms with Gasteiger partial charge < -0.3 is 14.6 Å². The Bertz CT molecular complexity index is 557. The van der Waals surface area contributed by atoms with E-state index in [4.69, 9.17) is 9.47 Å². The Balaban J connectivity index is 2.50. The molecule has 21 heavy (non-hydrogen) atoms. The molecule has 1 N–H and O–H groups in total. The minimum Gasteiger partial charge on any atom is -0.493 e. The van der Waals surface area contributed by atoms with Crippen LogP contribution in [0.1, 0.15) is 31.7 Å². The first kappa shape index (κ1) is 15.7. The van der Waals surface area contributed by atoms with E-state index in [9.17, 15) is 18.7 Å². The maximum Gasteiger partial charge on any atom is 0.309 e. The molecule has 0 radical (unpaired) electrons. The molecule has 0 aliphatic carbocycles. The number of carboxylic acids is 1. The SMILES string of the molecule is COc1c([C@@H]2CC(C)(C)OC[C@H]2C(=O)O)ccc(F)c1F. The molecule has 4 nitrogen and oxygen atoms in total. The molecule has 1 aromatic carbocycles. The Morgan fingerprint density at radius 2 is 2.10 bits per heavy atom. The van der Waals surface area contributed by atoms with Crippen LogP contribution in [-0.2, 0) is 9.53 Å². The maximum atomic E-state index is 13.9. The van der Waals surface area contributed by atoms with Gasteiger partial charge in [-0.15, -0.1) is 0 Å². The van der Waals surface area contributed by atoms with Gasteiger partial charge in [-0.3, -0.25) is 4.79 Å². The van der Waals surface area contributed by atoms with Gasteiger partial charge in [0.15, 0.2) is 11.6 Å². The van der Waals surface area contributed by atoms with Crippen LogP contribution in [-0.4, -0.2) is 30.4 Å². The molecule has 0 unspecified atom stereocenters. The fraction of sp³-hybridized carbons (Fsp3) is 0.533. The predicted molar refractivity (Wildman–Crippen MR) is 71.4 cm³/mol. The minimum absolute atomic E-state index is 0.0230. The highest BCUT2D eigenvalue weighted by Crippen LogP contribution is 2.43. The Morgan fingerprint density at radius 1 is 1.43 bits per heavy atom. The van der Waals surface area contributed by atoms with Crippen LogP contribution in [0.5, 0.6) is 5.75 Å². The van der Waals surface area contributed by atoms with Crippen molar-refractivity contribution < 1.29 is 28.2 Å². The van der Waals surface area contributed by atoms with Gasteiger partial charge in [0, 0.05) is 11.5 Å². The van der Waals surface area contributed by atoms with Crippen LogP contribution in [0.2, 0.25) is 0 Å². The van der Waals surface area contributed by atoms with Crippen molar-refractivity contribution in [3.63, 3.8) is 0 Å². The minimum atomic E-state index is -1.09. The molecule has 0 spiro atoms. The van der Waals surface area contributed by atoms with E-state index < -0.39 is 35.0 Å². The molecule has 0 bridgehead atoms. The smallest absolute Gasteiger partial charge is 0.309 e. The summed E-state index contributed by atoms with van der Waals surface area (Å²) in [4.78, 5) is 11.4. The lowest BCUT2D eigenvalue weighted by atomic mass is 9.76. The number of aliphatic carboxylic acids is 1. The van der Waals surface area contributed by atoms with E-state index in [0.29, 0.717) is 12.0 Å². The number of hydrogen-bond donors (Lipinski definition) is 1. The van der Waals surface area contributed by atoms with E-state index in [1.807, 2.05) is 13.8 Å². The molecule has 1 aromatic rings. The Morgan fingerprint density at radius 3 is 2.67 bits per heavy atom. The second-order valence-corrected chi connectivity index (χ2v) is 5.81. The molecular weight excluding hydrogens is 282 g/mol. The van der Waals surface area contributed by atoms with E-state index in [1.165, 1.54) is 13.2 Å². The molecule has 1 saturated heterocycles. The molecule has 0 aromatic heterocycles. The third-order valence-corrected chi connectivity index (χ3v) is 3.85. The van der Waals surface area contributed by atoms with E-state index >= 15 is 0 Å². The summed E-state index contributed by atoms with van der Waals surface area (Å²) in [7, 11) is 1.24. The summed E-state index contributed by atoms with van der Waals surface area (Å²) in [5.74, 6) is -4.70. The molecule has 0 amide bonds. The fourth-order valence-electron chi connectivity index (χ4n) is 2.78. The van der Waals surface area contributed by atoms with Gasteiger partial charge in [0.05, 0.1) is 25.2 Å². The quantitative estimate of drug-likeness (QED) is 0.932. The van der Waals surface area contributed by atoms with Crippen molar-refractivity contribution in [1.29, 1.82) is 0 Å². The molecule has 2 atom stereocenters. The molecule has 116 valence electrons. The highest BCUT2D eigenvalue weighted by atomic mass is 19.2. The van der Waals surface area contributed by atoms with Crippen molar-refractivity contribution >= 4 is 5.97 Å². The Labute approximate surface area is 121 Å². The number of benzene rings is 1. The third kappa shape index (κ3) is 3.00. The van der Waals surface area contributed by atoms with Gasteiger partial charge in [-0.25, -0.2) is 4.39 Å². The number of carboxylic acid groups (broad SMARTS) is 1. The zero-order valence-corrected chi connectivity index (χ0v) is 12.2. The van der Waals surface area contributed by atoms with Crippen LogP contribution in [0.3, 0.4) is 0 Å². The van der Waals surface area contributed by atoms with Crippen LogP contribution >= 0.6 is 0 Å². The van der Waals surface area contributed by atoms with Gasteiger partial charge in [0.2, 0.25) is 5.82 Å². The van der Waals surface area contributed by atoms with Crippen LogP contribution in [0.15, 0.2) is 12.1 Å². The van der Waals surface area contributed by atoms with E-state index in [-0.39, 0.29) is 12.4 Å². The van der Waals surface area contributed by atoms with Crippen molar-refractivity contribution in [3.05, 3.63) is 29.3 Å². The molecule has 1 heterocycles. The van der Waals surface area contributed by atoms with Crippen molar-refractivity contribution in [3.8, 4) is 5.75 Å². The van der Waals surface area contributed by atoms with Crippen molar-refractivity contribution in [2.45, 2.75) is 31.8 Å². The van der Waals surface area contributed by atoms with Gasteiger partial charge in [0.1, 0.15) is 0 Å². The predicted octanol–water partition coefficient (Wildman–Crippen LogP) is 2.96. The zero-order valence-electron chi connectivity index (χ0n) is 12.2. The number of carbonyl (C=O) groups is 1. The number of methoxy groups -OCH3 is 1. The monoisotopic (exact) mass is 300 g/mol. The molecule has 1 aliphatic rings. The average molecular weight is 300 g/mol. The first-order valence-corrected chi connectivity index (χ1v) is 6.65. The lowest BCUT2D eigenvalue weighted by Crippen LogP contribution is -2.42. The molecule has 2 rings (SSSR count). The topological polar surface area (TPSA) is 55.8 Å². The van der Waals surface area contributed by atoms with E-state index in [0.717, 1.165) is 6.07 Å². The first-order chi connectivity index (χ1) is 9.76. The Hall–Kier alpha value is -1.69. The van der Waals surface area contributed by atoms with Crippen molar-refractivity contribution in [1.82, 2.24) is 0 Å². The van der Waals surface area contributed by atoms with Gasteiger partial charge >= 0.3 is 5.97 Å². The first-order valence-electron chi connectivity index (χ1n) is 6.65. The maximum absolute atomic E-state index is 13.9. The summed E-state index contributed by atoms with van der Waals surface area (Å²) in [6.07, 6.45) is 0.380. The van der Waals surface area contributed by atoms with Gasteiger partial charge in [-0.2, -0.15) is 4.39 Å². The van der Waals surface area contributed by atoms with Gasteiger partial charge in [0.25, 0.3) is 0 Å². The summed E-state index contributed by atoms with van der Waals surface area (Å²) in [6, 6.07) is 2.38. The second kappa shape index (κ2) is 5.60. The molecular formula is C15H18F2O4. The van der Waals surface area contributed by atoms with Gasteiger partial charge in [-0.05, 0) is 26.3 Å². The standard InChI is InChI=1S/C15H18F2O4/c1-15(2)6-9(10(7-21-15)14(18)19)8-4-5-11(16)12(17)13(8)20-3/h4-5,9-10H,6-7H2,1-3H3,(H,18,19)/t9-,10+/m0/s1. The Kier molecular flexibility index (Phi) is 4.18. The molecule has 0 saturated carbocycles. The molecule has 6 heteroatoms. The zero-order chi connectivity index (χ0) is 15.8. The number of hydrogen-bond acceptors (Lipinski definition) is 3. The summed E-state index contributed by atoms with van der Waals surface area (Å²) < 4.78 is 37.7. The fourth-order valence-corrected chi connectivity index (χ4v) is 2.78. The lowest BCUT2D eigenvalue weighted by Gasteiger charge is -2.39. The third-order valence-electron chi connectivity index (χ3n) is 3.85. The summed E-state index contributed by atoms with van der Waals surface area (Å²) >= 11 is 0. The van der Waals surface area contributed by atoms with Crippen LogP contribution in [0, 0.1) is 17.6 Å². The summed E-state index contributed by atoms with van der Waals surface area (Å²) in [5, 5.41) is 9.34. The van der Waals surface area contributed by atoms with E-state index in [1.54, 1.807) is 0 Å². The summed E-state index contributed by atoms with van der Waals surface area (Å²) in [5.41, 5.74) is -0.174. The van der Waals surface area contributed by atoms with Crippen LogP contribution < -0.4 is 4.74 Å². The van der Waals surface area contributed by atoms with Gasteiger partial charge in [-0.1, -0.05) is 6.07 Å². The van der Waals surface area contributed by atoms with Crippen LogP contribution in [0.4, 0.5) is 8.78 Å². The van der Waals surface area contributed by atoms with Crippen LogP contribution in [0.25, 0.3) is 0 Å². The largest absolute Gasteiger partial charge is 0.493 e. The van der Waals surface area contributed by atoms with Crippen molar-refractivity contribution in [2.75, 3.05) is 13.7 Å². The highest BCUT2D eigenvalue weighted by Gasteiger charge is 2.42.